The van der Waals surface area contributed by atoms with E-state index in [0.717, 1.165) is 17.9 Å². The molecular weight excluding hydrogens is 212 g/mol. The van der Waals surface area contributed by atoms with Crippen molar-refractivity contribution in [2.45, 2.75) is 51.6 Å². The molecule has 6 nitrogen and oxygen atoms in total. The van der Waals surface area contributed by atoms with Crippen molar-refractivity contribution in [2.75, 3.05) is 6.61 Å². The second-order valence-electron chi connectivity index (χ2n) is 5.52. The van der Waals surface area contributed by atoms with Crippen LogP contribution < -0.4 is 0 Å². The summed E-state index contributed by atoms with van der Waals surface area (Å²) >= 11 is 0. The molecule has 1 radical (unpaired) electrons. The molecule has 1 rings (SSSR count). The molecule has 0 aliphatic carbocycles. The van der Waals surface area contributed by atoms with E-state index in [-0.39, 0.29) is 12.5 Å². The van der Waals surface area contributed by atoms with Gasteiger partial charge in [-0.05, 0) is 40.5 Å². The number of hydroxylamine groups is 2. The predicted octanol–water partition coefficient (Wildman–Crippen LogP) is 1.81. The van der Waals surface area contributed by atoms with Crippen molar-refractivity contribution in [3.8, 4) is 0 Å². The third kappa shape index (κ3) is 2.44. The summed E-state index contributed by atoms with van der Waals surface area (Å²) in [6, 6.07) is 0. The lowest BCUT2D eigenvalue weighted by atomic mass is 9.74. The monoisotopic (exact) mass is 231 g/mol. The van der Waals surface area contributed by atoms with Crippen LogP contribution in [0.15, 0.2) is 0 Å². The van der Waals surface area contributed by atoms with E-state index < -0.39 is 16.2 Å². The molecule has 1 fully saturated rings. The highest BCUT2D eigenvalue weighted by Crippen LogP contribution is 2.40. The fraction of sp³-hybridized carbons (Fsp3) is 1.00. The molecule has 0 N–H and O–H groups in total. The Balaban J connectivity index is 2.72. The Hall–Kier alpha value is -0.880. The van der Waals surface area contributed by atoms with Gasteiger partial charge in [0.2, 0.25) is 0 Å². The average molecular weight is 231 g/mol. The normalized spacial score (nSPS) is 28.7. The van der Waals surface area contributed by atoms with E-state index in [0.29, 0.717) is 0 Å². The quantitative estimate of drug-likeness (QED) is 0.548. The van der Waals surface area contributed by atoms with Crippen LogP contribution in [0.5, 0.6) is 0 Å². The molecule has 1 heterocycles. The number of piperidine rings is 1. The first-order chi connectivity index (χ1) is 7.18. The summed E-state index contributed by atoms with van der Waals surface area (Å²) in [4.78, 5) is 14.5. The first kappa shape index (κ1) is 13.2. The molecule has 0 bridgehead atoms. The summed E-state index contributed by atoms with van der Waals surface area (Å²) in [6.45, 7) is 7.41. The van der Waals surface area contributed by atoms with Crippen molar-refractivity contribution < 1.29 is 15.1 Å². The molecule has 1 atom stereocenters. The molecule has 0 aromatic rings. The van der Waals surface area contributed by atoms with Crippen molar-refractivity contribution in [2.24, 2.45) is 5.92 Å². The van der Waals surface area contributed by atoms with Crippen LogP contribution in [0.3, 0.4) is 0 Å². The van der Waals surface area contributed by atoms with Gasteiger partial charge in [-0.1, -0.05) is 0 Å². The van der Waals surface area contributed by atoms with Crippen LogP contribution in [0.1, 0.15) is 40.5 Å². The SMILES string of the molecule is CC1(C)CCC(CO[N+](=O)[O-])C(C)(C)N1[O]. The second kappa shape index (κ2) is 4.18. The third-order valence-corrected chi connectivity index (χ3v) is 3.56. The highest BCUT2D eigenvalue weighted by molar-refractivity contribution is 4.97. The highest BCUT2D eigenvalue weighted by Gasteiger charge is 2.48. The van der Waals surface area contributed by atoms with Gasteiger partial charge < -0.3 is 4.84 Å². The fourth-order valence-corrected chi connectivity index (χ4v) is 2.37. The van der Waals surface area contributed by atoms with Crippen molar-refractivity contribution in [1.29, 1.82) is 0 Å². The van der Waals surface area contributed by atoms with Gasteiger partial charge in [0, 0.05) is 17.0 Å². The lowest BCUT2D eigenvalue weighted by molar-refractivity contribution is -0.760. The van der Waals surface area contributed by atoms with E-state index in [1.807, 2.05) is 27.7 Å². The van der Waals surface area contributed by atoms with E-state index in [1.165, 1.54) is 0 Å². The van der Waals surface area contributed by atoms with Crippen LogP contribution in [0.2, 0.25) is 0 Å². The highest BCUT2D eigenvalue weighted by atomic mass is 16.9. The van der Waals surface area contributed by atoms with Crippen LogP contribution in [0.25, 0.3) is 0 Å². The molecule has 1 unspecified atom stereocenters. The molecular formula is C10H19N2O4. The Morgan fingerprint density at radius 1 is 1.44 bits per heavy atom. The van der Waals surface area contributed by atoms with Gasteiger partial charge in [0.05, 0.1) is 0 Å². The van der Waals surface area contributed by atoms with Crippen molar-refractivity contribution in [3.63, 3.8) is 0 Å². The van der Waals surface area contributed by atoms with E-state index >= 15 is 0 Å². The lowest BCUT2D eigenvalue weighted by Crippen LogP contribution is -2.61. The van der Waals surface area contributed by atoms with Crippen molar-refractivity contribution in [3.05, 3.63) is 10.1 Å². The summed E-state index contributed by atoms with van der Waals surface area (Å²) in [5, 5.41) is 22.5. The van der Waals surface area contributed by atoms with E-state index in [1.54, 1.807) is 0 Å². The van der Waals surface area contributed by atoms with Gasteiger partial charge in [0.25, 0.3) is 5.09 Å². The van der Waals surface area contributed by atoms with E-state index in [2.05, 4.69) is 4.84 Å². The van der Waals surface area contributed by atoms with Crippen LogP contribution in [-0.2, 0) is 10.0 Å². The first-order valence-electron chi connectivity index (χ1n) is 5.42. The predicted molar refractivity (Wildman–Crippen MR) is 56.4 cm³/mol. The van der Waals surface area contributed by atoms with Gasteiger partial charge in [-0.25, -0.2) is 0 Å². The maximum atomic E-state index is 12.1. The van der Waals surface area contributed by atoms with Gasteiger partial charge in [0.15, 0.2) is 0 Å². The van der Waals surface area contributed by atoms with Crippen molar-refractivity contribution in [1.82, 2.24) is 5.06 Å². The van der Waals surface area contributed by atoms with E-state index in [4.69, 9.17) is 0 Å². The molecule has 1 aliphatic heterocycles. The molecule has 93 valence electrons. The summed E-state index contributed by atoms with van der Waals surface area (Å²) < 4.78 is 0. The molecule has 6 heteroatoms. The zero-order chi connectivity index (χ0) is 12.6. The van der Waals surface area contributed by atoms with Gasteiger partial charge in [-0.15, -0.1) is 20.4 Å². The van der Waals surface area contributed by atoms with Gasteiger partial charge >= 0.3 is 0 Å². The number of hydrogen-bond donors (Lipinski definition) is 0. The Morgan fingerprint density at radius 2 is 2.00 bits per heavy atom. The van der Waals surface area contributed by atoms with Gasteiger partial charge in [-0.3, -0.25) is 0 Å². The maximum Gasteiger partial charge on any atom is 0.294 e. The molecule has 0 amide bonds. The topological polar surface area (TPSA) is 75.5 Å². The zero-order valence-electron chi connectivity index (χ0n) is 10.2. The minimum atomic E-state index is -0.801. The lowest BCUT2D eigenvalue weighted by Gasteiger charge is -2.51. The Bertz CT molecular complexity index is 278. The van der Waals surface area contributed by atoms with Crippen LogP contribution in [-0.4, -0.2) is 27.8 Å². The number of hydrogen-bond acceptors (Lipinski definition) is 4. The fourth-order valence-electron chi connectivity index (χ4n) is 2.37. The van der Waals surface area contributed by atoms with Crippen LogP contribution in [0, 0.1) is 16.0 Å². The van der Waals surface area contributed by atoms with Crippen LogP contribution >= 0.6 is 0 Å². The van der Waals surface area contributed by atoms with Gasteiger partial charge in [-0.2, -0.15) is 0 Å². The molecule has 0 spiro atoms. The van der Waals surface area contributed by atoms with E-state index in [9.17, 15) is 15.3 Å². The summed E-state index contributed by atoms with van der Waals surface area (Å²) in [5.74, 6) is -0.108. The molecule has 0 aromatic heterocycles. The molecule has 16 heavy (non-hydrogen) atoms. The van der Waals surface area contributed by atoms with Crippen molar-refractivity contribution >= 4 is 0 Å². The minimum absolute atomic E-state index is 0.00514. The third-order valence-electron chi connectivity index (χ3n) is 3.56. The smallest absolute Gasteiger partial charge is 0.294 e. The summed E-state index contributed by atoms with van der Waals surface area (Å²) in [6.07, 6.45) is 1.50. The molecule has 1 aliphatic rings. The first-order valence-corrected chi connectivity index (χ1v) is 5.42. The largest absolute Gasteiger partial charge is 0.314 e. The number of rotatable bonds is 3. The Labute approximate surface area is 95.2 Å². The minimum Gasteiger partial charge on any atom is -0.314 e. The second-order valence-corrected chi connectivity index (χ2v) is 5.52. The summed E-state index contributed by atoms with van der Waals surface area (Å²) in [5.41, 5.74) is -1.04. The Kier molecular flexibility index (Phi) is 3.44. The van der Waals surface area contributed by atoms with Crippen LogP contribution in [0.4, 0.5) is 0 Å². The maximum absolute atomic E-state index is 12.1. The average Bonchev–Trinajstić information content (AvgIpc) is 2.13. The summed E-state index contributed by atoms with van der Waals surface area (Å²) in [7, 11) is 0. The van der Waals surface area contributed by atoms with Gasteiger partial charge in [0.1, 0.15) is 6.61 Å². The molecule has 0 aromatic carbocycles. The molecule has 1 saturated heterocycles. The number of nitrogens with zero attached hydrogens (tertiary/aromatic N) is 2. The standard InChI is InChI=1S/C10H19N2O4/c1-9(2)6-5-8(7-16-12(14)15)10(3,4)11(9)13/h8H,5-7H2,1-4H3. The zero-order valence-corrected chi connectivity index (χ0v) is 10.2. The molecule has 0 saturated carbocycles. The Morgan fingerprint density at radius 3 is 2.50 bits per heavy atom.